The molecule has 1 saturated carbocycles. The molecule has 1 aliphatic carbocycles. The first kappa shape index (κ1) is 13.1. The Morgan fingerprint density at radius 3 is 2.68 bits per heavy atom. The molecular formula is C17H25NO. The summed E-state index contributed by atoms with van der Waals surface area (Å²) >= 11 is 0. The summed E-state index contributed by atoms with van der Waals surface area (Å²) in [6, 6.07) is 11.5. The molecule has 1 aliphatic heterocycles. The summed E-state index contributed by atoms with van der Waals surface area (Å²) in [5.74, 6) is 1.56. The minimum absolute atomic E-state index is 0.475. The Hall–Kier alpha value is -0.860. The van der Waals surface area contributed by atoms with Gasteiger partial charge in [0, 0.05) is 19.2 Å². The average molecular weight is 259 g/mol. The van der Waals surface area contributed by atoms with Crippen LogP contribution < -0.4 is 5.32 Å². The van der Waals surface area contributed by atoms with Crippen molar-refractivity contribution >= 4 is 0 Å². The molecule has 3 atom stereocenters. The molecule has 1 aromatic carbocycles. The van der Waals surface area contributed by atoms with Gasteiger partial charge >= 0.3 is 0 Å². The third-order valence-corrected chi connectivity index (χ3v) is 4.60. The van der Waals surface area contributed by atoms with Crippen LogP contribution in [0.4, 0.5) is 0 Å². The molecule has 0 spiro atoms. The second-order valence-corrected chi connectivity index (χ2v) is 6.00. The van der Waals surface area contributed by atoms with Crippen LogP contribution >= 0.6 is 0 Å². The molecule has 1 heterocycles. The molecular weight excluding hydrogens is 234 g/mol. The van der Waals surface area contributed by atoms with Gasteiger partial charge in [-0.15, -0.1) is 0 Å². The van der Waals surface area contributed by atoms with Crippen molar-refractivity contribution in [3.8, 4) is 0 Å². The van der Waals surface area contributed by atoms with Gasteiger partial charge in [-0.1, -0.05) is 37.3 Å². The Balaban J connectivity index is 1.60. The van der Waals surface area contributed by atoms with Crippen LogP contribution in [-0.4, -0.2) is 19.3 Å². The number of ether oxygens (including phenoxy) is 1. The van der Waals surface area contributed by atoms with Crippen molar-refractivity contribution in [1.82, 2.24) is 5.32 Å². The van der Waals surface area contributed by atoms with Crippen LogP contribution in [0, 0.1) is 11.8 Å². The van der Waals surface area contributed by atoms with E-state index in [0.29, 0.717) is 18.1 Å². The van der Waals surface area contributed by atoms with Crippen LogP contribution in [0.5, 0.6) is 0 Å². The predicted octanol–water partition coefficient (Wildman–Crippen LogP) is 3.54. The van der Waals surface area contributed by atoms with Gasteiger partial charge in [-0.3, -0.25) is 0 Å². The molecule has 2 fully saturated rings. The van der Waals surface area contributed by atoms with Crippen LogP contribution in [0.3, 0.4) is 0 Å². The van der Waals surface area contributed by atoms with Crippen molar-refractivity contribution in [3.05, 3.63) is 35.9 Å². The van der Waals surface area contributed by atoms with Crippen molar-refractivity contribution in [2.75, 3.05) is 13.2 Å². The SMILES string of the molecule is CCC1OCCC1CNC(c1ccccc1)C1CC1. The van der Waals surface area contributed by atoms with Gasteiger partial charge in [-0.2, -0.15) is 0 Å². The summed E-state index contributed by atoms with van der Waals surface area (Å²) < 4.78 is 5.79. The fourth-order valence-corrected chi connectivity index (χ4v) is 3.30. The normalized spacial score (nSPS) is 28.5. The minimum Gasteiger partial charge on any atom is -0.378 e. The lowest BCUT2D eigenvalue weighted by Crippen LogP contribution is -2.32. The second-order valence-electron chi connectivity index (χ2n) is 6.00. The van der Waals surface area contributed by atoms with Crippen LogP contribution in [0.25, 0.3) is 0 Å². The summed E-state index contributed by atoms with van der Waals surface area (Å²) in [5.41, 5.74) is 1.46. The molecule has 0 bridgehead atoms. The highest BCUT2D eigenvalue weighted by Crippen LogP contribution is 2.41. The Morgan fingerprint density at radius 1 is 1.21 bits per heavy atom. The quantitative estimate of drug-likeness (QED) is 0.843. The zero-order valence-corrected chi connectivity index (χ0v) is 11.8. The smallest absolute Gasteiger partial charge is 0.0613 e. The summed E-state index contributed by atoms with van der Waals surface area (Å²) in [6.07, 6.45) is 5.60. The molecule has 0 amide bonds. The first-order valence-corrected chi connectivity index (χ1v) is 7.78. The third kappa shape index (κ3) is 3.18. The molecule has 1 saturated heterocycles. The topological polar surface area (TPSA) is 21.3 Å². The van der Waals surface area contributed by atoms with Crippen LogP contribution in [0.1, 0.15) is 44.2 Å². The first-order chi connectivity index (χ1) is 9.38. The van der Waals surface area contributed by atoms with Gasteiger partial charge in [-0.05, 0) is 43.1 Å². The number of hydrogen-bond acceptors (Lipinski definition) is 2. The average Bonchev–Trinajstić information content (AvgIpc) is 3.18. The molecule has 0 radical (unpaired) electrons. The van der Waals surface area contributed by atoms with E-state index in [0.717, 1.165) is 25.5 Å². The van der Waals surface area contributed by atoms with E-state index in [1.807, 2.05) is 0 Å². The largest absolute Gasteiger partial charge is 0.378 e. The number of benzene rings is 1. The van der Waals surface area contributed by atoms with Crippen LogP contribution in [0.2, 0.25) is 0 Å². The summed E-state index contributed by atoms with van der Waals surface area (Å²) in [4.78, 5) is 0. The first-order valence-electron chi connectivity index (χ1n) is 7.78. The highest BCUT2D eigenvalue weighted by Gasteiger charge is 2.34. The van der Waals surface area contributed by atoms with Gasteiger partial charge in [0.1, 0.15) is 0 Å². The molecule has 104 valence electrons. The predicted molar refractivity (Wildman–Crippen MR) is 78.0 cm³/mol. The lowest BCUT2D eigenvalue weighted by Gasteiger charge is -2.23. The number of hydrogen-bond donors (Lipinski definition) is 1. The van der Waals surface area contributed by atoms with E-state index in [1.54, 1.807) is 0 Å². The minimum atomic E-state index is 0.475. The molecule has 0 aromatic heterocycles. The van der Waals surface area contributed by atoms with Crippen LogP contribution in [-0.2, 0) is 4.74 Å². The van der Waals surface area contributed by atoms with Gasteiger partial charge < -0.3 is 10.1 Å². The van der Waals surface area contributed by atoms with Gasteiger partial charge in [0.15, 0.2) is 0 Å². The van der Waals surface area contributed by atoms with Crippen molar-refractivity contribution < 1.29 is 4.74 Å². The maximum Gasteiger partial charge on any atom is 0.0613 e. The fourth-order valence-electron chi connectivity index (χ4n) is 3.30. The Labute approximate surface area is 116 Å². The second kappa shape index (κ2) is 6.06. The maximum absolute atomic E-state index is 5.79. The lowest BCUT2D eigenvalue weighted by molar-refractivity contribution is 0.0864. The summed E-state index contributed by atoms with van der Waals surface area (Å²) in [7, 11) is 0. The van der Waals surface area contributed by atoms with E-state index in [4.69, 9.17) is 4.74 Å². The molecule has 19 heavy (non-hydrogen) atoms. The van der Waals surface area contributed by atoms with E-state index in [-0.39, 0.29) is 0 Å². The highest BCUT2D eigenvalue weighted by molar-refractivity contribution is 5.21. The lowest BCUT2D eigenvalue weighted by atomic mass is 9.97. The van der Waals surface area contributed by atoms with E-state index >= 15 is 0 Å². The zero-order valence-electron chi connectivity index (χ0n) is 11.8. The van der Waals surface area contributed by atoms with Crippen molar-refractivity contribution in [1.29, 1.82) is 0 Å². The van der Waals surface area contributed by atoms with Gasteiger partial charge in [0.2, 0.25) is 0 Å². The summed E-state index contributed by atoms with van der Waals surface area (Å²) in [6.45, 7) is 4.29. The molecule has 3 rings (SSSR count). The molecule has 2 aliphatic rings. The monoisotopic (exact) mass is 259 g/mol. The van der Waals surface area contributed by atoms with Crippen molar-refractivity contribution in [3.63, 3.8) is 0 Å². The molecule has 1 aromatic rings. The molecule has 3 unspecified atom stereocenters. The Bertz CT molecular complexity index is 388. The van der Waals surface area contributed by atoms with E-state index < -0.39 is 0 Å². The molecule has 1 N–H and O–H groups in total. The van der Waals surface area contributed by atoms with E-state index in [1.165, 1.54) is 24.8 Å². The van der Waals surface area contributed by atoms with Crippen molar-refractivity contribution in [2.24, 2.45) is 11.8 Å². The van der Waals surface area contributed by atoms with Gasteiger partial charge in [-0.25, -0.2) is 0 Å². The number of rotatable bonds is 6. The Kier molecular flexibility index (Phi) is 4.19. The van der Waals surface area contributed by atoms with E-state index in [9.17, 15) is 0 Å². The molecule has 2 nitrogen and oxygen atoms in total. The van der Waals surface area contributed by atoms with E-state index in [2.05, 4.69) is 42.6 Å². The maximum atomic E-state index is 5.79. The zero-order chi connectivity index (χ0) is 13.1. The number of nitrogens with one attached hydrogen (secondary N) is 1. The summed E-state index contributed by atoms with van der Waals surface area (Å²) in [5, 5.41) is 3.82. The third-order valence-electron chi connectivity index (χ3n) is 4.60. The highest BCUT2D eigenvalue weighted by atomic mass is 16.5. The van der Waals surface area contributed by atoms with Gasteiger partial charge in [0.25, 0.3) is 0 Å². The van der Waals surface area contributed by atoms with Crippen molar-refractivity contribution in [2.45, 2.75) is 44.8 Å². The fraction of sp³-hybridized carbons (Fsp3) is 0.647. The molecule has 2 heteroatoms. The van der Waals surface area contributed by atoms with Gasteiger partial charge in [0.05, 0.1) is 6.10 Å². The van der Waals surface area contributed by atoms with Crippen LogP contribution in [0.15, 0.2) is 30.3 Å². The standard InChI is InChI=1S/C17H25NO/c1-2-16-15(10-11-19-16)12-18-17(14-8-9-14)13-6-4-3-5-7-13/h3-7,14-18H,2,8-12H2,1H3. The Morgan fingerprint density at radius 2 is 2.00 bits per heavy atom.